The fraction of sp³-hybridized carbons (Fsp3) is 0.333. The van der Waals surface area contributed by atoms with Gasteiger partial charge >= 0.3 is 12.1 Å². The van der Waals surface area contributed by atoms with Gasteiger partial charge in [0.05, 0.1) is 6.54 Å². The Kier molecular flexibility index (Phi) is 3.33. The molecule has 8 heteroatoms. The number of halogens is 3. The Morgan fingerprint density at radius 2 is 2.10 bits per heavy atom. The zero-order valence-corrected chi connectivity index (χ0v) is 10.8. The lowest BCUT2D eigenvalue weighted by Crippen LogP contribution is -2.19. The highest BCUT2D eigenvalue weighted by Gasteiger charge is 2.37. The molecule has 0 unspecified atom stereocenters. The van der Waals surface area contributed by atoms with Crippen molar-refractivity contribution in [2.75, 3.05) is 0 Å². The summed E-state index contributed by atoms with van der Waals surface area (Å²) in [5.41, 5.74) is -1.30. The topological polar surface area (TPSA) is 60.0 Å². The van der Waals surface area contributed by atoms with Crippen molar-refractivity contribution in [3.8, 4) is 0 Å². The first-order valence-corrected chi connectivity index (χ1v) is 5.68. The zero-order valence-electron chi connectivity index (χ0n) is 10.8. The Morgan fingerprint density at radius 3 is 2.55 bits per heavy atom. The van der Waals surface area contributed by atoms with E-state index in [-0.39, 0.29) is 17.8 Å². The summed E-state index contributed by atoms with van der Waals surface area (Å²) in [5.74, 6) is -1.05. The highest BCUT2D eigenvalue weighted by molar-refractivity contribution is 5.88. The van der Waals surface area contributed by atoms with E-state index in [4.69, 9.17) is 5.11 Å². The van der Waals surface area contributed by atoms with Crippen LogP contribution in [0, 0.1) is 6.92 Å². The highest BCUT2D eigenvalue weighted by Crippen LogP contribution is 2.33. The maximum Gasteiger partial charge on any atom is 0.431 e. The number of imidazole rings is 1. The van der Waals surface area contributed by atoms with Gasteiger partial charge in [-0.25, -0.2) is 9.78 Å². The van der Waals surface area contributed by atoms with Gasteiger partial charge in [-0.2, -0.15) is 13.2 Å². The van der Waals surface area contributed by atoms with Crippen LogP contribution in [-0.2, 0) is 19.8 Å². The molecule has 2 heterocycles. The summed E-state index contributed by atoms with van der Waals surface area (Å²) < 4.78 is 41.3. The molecule has 2 rings (SSSR count). The lowest BCUT2D eigenvalue weighted by Gasteiger charge is -2.13. The molecule has 1 N–H and O–H groups in total. The average molecular weight is 287 g/mol. The van der Waals surface area contributed by atoms with Crippen molar-refractivity contribution in [3.63, 3.8) is 0 Å². The Balaban J connectivity index is 2.59. The monoisotopic (exact) mass is 287 g/mol. The van der Waals surface area contributed by atoms with Crippen LogP contribution in [0.2, 0.25) is 0 Å². The fourth-order valence-electron chi connectivity index (χ4n) is 2.06. The summed E-state index contributed by atoms with van der Waals surface area (Å²) in [6.07, 6.45) is -1.59. The number of nitrogens with zero attached hydrogens (tertiary/aromatic N) is 3. The third-order valence-corrected chi connectivity index (χ3v) is 3.00. The molecule has 0 aliphatic carbocycles. The molecule has 0 aliphatic heterocycles. The number of alkyl halides is 3. The van der Waals surface area contributed by atoms with Crippen LogP contribution in [0.1, 0.15) is 27.6 Å². The van der Waals surface area contributed by atoms with Crippen LogP contribution in [0.5, 0.6) is 0 Å². The number of aromatic carboxylic acids is 1. The number of carbonyl (C=O) groups is 1. The van der Waals surface area contributed by atoms with Gasteiger partial charge in [0.1, 0.15) is 17.2 Å². The Bertz CT molecular complexity index is 655. The number of carboxylic acids is 1. The third-order valence-electron chi connectivity index (χ3n) is 3.00. The standard InChI is InChI=1S/C12H12F3N3O2/c1-7-5-8(12(13,14)15)18(10(7)11(19)20)6-9-16-3-4-17(9)2/h3-5H,6H2,1-2H3,(H,19,20). The molecule has 0 saturated carbocycles. The van der Waals surface area contributed by atoms with E-state index in [1.165, 1.54) is 13.1 Å². The van der Waals surface area contributed by atoms with Gasteiger partial charge in [-0.05, 0) is 18.6 Å². The van der Waals surface area contributed by atoms with Crippen molar-refractivity contribution >= 4 is 5.97 Å². The number of hydrogen-bond acceptors (Lipinski definition) is 2. The minimum absolute atomic E-state index is 0.0686. The van der Waals surface area contributed by atoms with Crippen LogP contribution in [-0.4, -0.2) is 25.2 Å². The van der Waals surface area contributed by atoms with Crippen LogP contribution in [0.3, 0.4) is 0 Å². The van der Waals surface area contributed by atoms with Gasteiger partial charge in [-0.3, -0.25) is 0 Å². The van der Waals surface area contributed by atoms with Crippen LogP contribution < -0.4 is 0 Å². The lowest BCUT2D eigenvalue weighted by atomic mass is 10.2. The average Bonchev–Trinajstić information content (AvgIpc) is 2.83. The van der Waals surface area contributed by atoms with Crippen molar-refractivity contribution < 1.29 is 23.1 Å². The smallest absolute Gasteiger partial charge is 0.431 e. The molecule has 0 amide bonds. The summed E-state index contributed by atoms with van der Waals surface area (Å²) in [5, 5.41) is 9.11. The van der Waals surface area contributed by atoms with Crippen LogP contribution in [0.25, 0.3) is 0 Å². The normalized spacial score (nSPS) is 11.8. The van der Waals surface area contributed by atoms with E-state index < -0.39 is 17.8 Å². The summed E-state index contributed by atoms with van der Waals surface area (Å²) in [7, 11) is 1.63. The van der Waals surface area contributed by atoms with E-state index in [9.17, 15) is 18.0 Å². The van der Waals surface area contributed by atoms with Crippen LogP contribution >= 0.6 is 0 Å². The number of carboxylic acid groups (broad SMARTS) is 1. The predicted octanol–water partition coefficient (Wildman–Crippen LogP) is 2.30. The minimum Gasteiger partial charge on any atom is -0.477 e. The maximum absolute atomic E-state index is 13.0. The molecular formula is C12H12F3N3O2. The summed E-state index contributed by atoms with van der Waals surface area (Å²) >= 11 is 0. The van der Waals surface area contributed by atoms with Gasteiger partial charge in [-0.1, -0.05) is 0 Å². The van der Waals surface area contributed by atoms with E-state index in [2.05, 4.69) is 4.98 Å². The van der Waals surface area contributed by atoms with Gasteiger partial charge < -0.3 is 14.2 Å². The number of aromatic nitrogens is 3. The first-order valence-electron chi connectivity index (χ1n) is 5.68. The SMILES string of the molecule is Cc1cc(C(F)(F)F)n(Cc2nccn2C)c1C(=O)O. The summed E-state index contributed by atoms with van der Waals surface area (Å²) in [6, 6.07) is 0.840. The van der Waals surface area contributed by atoms with Gasteiger partial charge in [0.25, 0.3) is 0 Å². The largest absolute Gasteiger partial charge is 0.477 e. The first kappa shape index (κ1) is 14.2. The predicted molar refractivity (Wildman–Crippen MR) is 63.4 cm³/mol. The molecule has 5 nitrogen and oxygen atoms in total. The molecule has 20 heavy (non-hydrogen) atoms. The molecule has 0 radical (unpaired) electrons. The lowest BCUT2D eigenvalue weighted by molar-refractivity contribution is -0.143. The number of hydrogen-bond donors (Lipinski definition) is 1. The van der Waals surface area contributed by atoms with Gasteiger partial charge in [-0.15, -0.1) is 0 Å². The zero-order chi connectivity index (χ0) is 15.1. The Labute approximate surface area is 112 Å². The molecule has 0 aromatic carbocycles. The maximum atomic E-state index is 13.0. The molecule has 108 valence electrons. The summed E-state index contributed by atoms with van der Waals surface area (Å²) in [6.45, 7) is 1.08. The molecule has 2 aromatic heterocycles. The van der Waals surface area contributed by atoms with Gasteiger partial charge in [0.2, 0.25) is 0 Å². The molecule has 0 fully saturated rings. The second kappa shape index (κ2) is 4.69. The number of rotatable bonds is 3. The molecule has 0 aliphatic rings. The molecule has 0 bridgehead atoms. The second-order valence-corrected chi connectivity index (χ2v) is 4.40. The van der Waals surface area contributed by atoms with Crippen molar-refractivity contribution in [2.24, 2.45) is 7.05 Å². The third kappa shape index (κ3) is 2.40. The Hall–Kier alpha value is -2.25. The van der Waals surface area contributed by atoms with E-state index >= 15 is 0 Å². The van der Waals surface area contributed by atoms with Crippen molar-refractivity contribution in [1.82, 2.24) is 14.1 Å². The molecular weight excluding hydrogens is 275 g/mol. The fourth-order valence-corrected chi connectivity index (χ4v) is 2.06. The highest BCUT2D eigenvalue weighted by atomic mass is 19.4. The second-order valence-electron chi connectivity index (χ2n) is 4.40. The first-order chi connectivity index (χ1) is 9.21. The Morgan fingerprint density at radius 1 is 1.45 bits per heavy atom. The quantitative estimate of drug-likeness (QED) is 0.942. The molecule has 0 saturated heterocycles. The summed E-state index contributed by atoms with van der Waals surface area (Å²) in [4.78, 5) is 15.1. The minimum atomic E-state index is -4.62. The van der Waals surface area contributed by atoms with E-state index in [1.54, 1.807) is 17.8 Å². The molecule has 0 spiro atoms. The molecule has 2 aromatic rings. The van der Waals surface area contributed by atoms with E-state index in [0.717, 1.165) is 10.6 Å². The van der Waals surface area contributed by atoms with Gasteiger partial charge in [0.15, 0.2) is 0 Å². The van der Waals surface area contributed by atoms with Crippen molar-refractivity contribution in [1.29, 1.82) is 0 Å². The van der Waals surface area contributed by atoms with Crippen molar-refractivity contribution in [2.45, 2.75) is 19.6 Å². The van der Waals surface area contributed by atoms with Crippen LogP contribution in [0.4, 0.5) is 13.2 Å². The molecule has 0 atom stereocenters. The van der Waals surface area contributed by atoms with Crippen molar-refractivity contribution in [3.05, 3.63) is 41.2 Å². The van der Waals surface area contributed by atoms with Gasteiger partial charge in [0, 0.05) is 19.4 Å². The van der Waals surface area contributed by atoms with E-state index in [1.807, 2.05) is 0 Å². The van der Waals surface area contributed by atoms with E-state index in [0.29, 0.717) is 5.82 Å². The number of aryl methyl sites for hydroxylation is 2. The van der Waals surface area contributed by atoms with Crippen LogP contribution in [0.15, 0.2) is 18.5 Å².